The summed E-state index contributed by atoms with van der Waals surface area (Å²) in [5, 5.41) is 20.0. The highest BCUT2D eigenvalue weighted by Crippen LogP contribution is 2.28. The van der Waals surface area contributed by atoms with Crippen molar-refractivity contribution in [3.63, 3.8) is 0 Å². The monoisotopic (exact) mass is 478 g/mol. The third-order valence-electron chi connectivity index (χ3n) is 5.24. The van der Waals surface area contributed by atoms with Crippen molar-refractivity contribution in [3.8, 4) is 0 Å². The Morgan fingerprint density at radius 3 is 1.36 bits per heavy atom. The molecule has 4 rings (SSSR count). The van der Waals surface area contributed by atoms with E-state index in [0.29, 0.717) is 6.42 Å². The Bertz CT molecular complexity index is 1060. The van der Waals surface area contributed by atoms with Gasteiger partial charge in [-0.3, -0.25) is 0 Å². The Morgan fingerprint density at radius 2 is 1.00 bits per heavy atom. The molecule has 0 N–H and O–H groups in total. The number of aromatic nitrogens is 6. The second-order valence-corrected chi connectivity index (χ2v) is 10.3. The highest BCUT2D eigenvalue weighted by Gasteiger charge is 2.21. The van der Waals surface area contributed by atoms with E-state index in [9.17, 15) is 0 Å². The first-order chi connectivity index (χ1) is 16.0. The number of hydrogen-bond donors (Lipinski definition) is 0. The van der Waals surface area contributed by atoms with Crippen molar-refractivity contribution in [1.82, 2.24) is 29.5 Å². The topological polar surface area (TPSA) is 61.4 Å². The van der Waals surface area contributed by atoms with Crippen LogP contribution in [0.15, 0.2) is 71.0 Å². The molecule has 0 fully saturated rings. The molecule has 172 valence electrons. The first-order valence-corrected chi connectivity index (χ1v) is 13.2. The summed E-state index contributed by atoms with van der Waals surface area (Å²) < 4.78 is 4.45. The highest BCUT2D eigenvalue weighted by molar-refractivity contribution is 7.98. The van der Waals surface area contributed by atoms with Crippen LogP contribution in [-0.4, -0.2) is 29.5 Å². The maximum atomic E-state index is 4.55. The average molecular weight is 479 g/mol. The minimum absolute atomic E-state index is 0.260. The maximum absolute atomic E-state index is 4.55. The predicted octanol–water partition coefficient (Wildman–Crippen LogP) is 6.21. The second kappa shape index (κ2) is 11.0. The summed E-state index contributed by atoms with van der Waals surface area (Å²) in [7, 11) is 0. The van der Waals surface area contributed by atoms with E-state index in [1.54, 1.807) is 23.5 Å². The molecular formula is C25H30N6S2. The molecule has 0 radical (unpaired) electrons. The number of nitrogens with zero attached hydrogens (tertiary/aromatic N) is 6. The van der Waals surface area contributed by atoms with Crippen molar-refractivity contribution in [2.75, 3.05) is 0 Å². The molecule has 0 atom stereocenters. The summed E-state index contributed by atoms with van der Waals surface area (Å²) >= 11 is 3.45. The molecule has 0 saturated heterocycles. The molecule has 0 spiro atoms. The first kappa shape index (κ1) is 23.6. The van der Waals surface area contributed by atoms with Gasteiger partial charge in [0.25, 0.3) is 0 Å². The Hall–Kier alpha value is -2.58. The molecule has 8 heteroatoms. The lowest BCUT2D eigenvalue weighted by atomic mass is 10.2. The van der Waals surface area contributed by atoms with Gasteiger partial charge in [-0.05, 0) is 38.8 Å². The zero-order chi connectivity index (χ0) is 23.2. The standard InChI is InChI=1S/C25H30N6S2/c1-18(2)30-22(26-28-24(30)32-16-20-11-7-5-8-12-20)15-23-27-29-25(31(23)19(3)4)33-17-21-13-9-6-10-14-21/h5-14,18-19H,15-17H2,1-4H3. The van der Waals surface area contributed by atoms with Crippen molar-refractivity contribution in [3.05, 3.63) is 83.4 Å². The van der Waals surface area contributed by atoms with Crippen molar-refractivity contribution in [1.29, 1.82) is 0 Å². The van der Waals surface area contributed by atoms with E-state index >= 15 is 0 Å². The van der Waals surface area contributed by atoms with Gasteiger partial charge >= 0.3 is 0 Å². The largest absolute Gasteiger partial charge is 0.303 e. The summed E-state index contributed by atoms with van der Waals surface area (Å²) in [4.78, 5) is 0. The lowest BCUT2D eigenvalue weighted by molar-refractivity contribution is 0.507. The summed E-state index contributed by atoms with van der Waals surface area (Å²) in [6.07, 6.45) is 0.605. The number of rotatable bonds is 10. The molecule has 33 heavy (non-hydrogen) atoms. The third-order valence-corrected chi connectivity index (χ3v) is 7.27. The summed E-state index contributed by atoms with van der Waals surface area (Å²) in [6, 6.07) is 21.5. The SMILES string of the molecule is CC(C)n1c(Cc2nnc(SCc3ccccc3)n2C(C)C)nnc1SCc1ccccc1. The van der Waals surface area contributed by atoms with Crippen molar-refractivity contribution < 1.29 is 0 Å². The van der Waals surface area contributed by atoms with Crippen LogP contribution in [0.3, 0.4) is 0 Å². The quantitative estimate of drug-likeness (QED) is 0.253. The molecule has 0 saturated carbocycles. The molecule has 0 bridgehead atoms. The maximum Gasteiger partial charge on any atom is 0.191 e. The molecule has 0 unspecified atom stereocenters. The van der Waals surface area contributed by atoms with Crippen LogP contribution in [0.25, 0.3) is 0 Å². The number of hydrogen-bond acceptors (Lipinski definition) is 6. The van der Waals surface area contributed by atoms with Crippen LogP contribution in [0.1, 0.15) is 62.6 Å². The Kier molecular flexibility index (Phi) is 7.88. The van der Waals surface area contributed by atoms with E-state index in [4.69, 9.17) is 0 Å². The van der Waals surface area contributed by atoms with Crippen molar-refractivity contribution >= 4 is 23.5 Å². The fourth-order valence-electron chi connectivity index (χ4n) is 3.68. The molecule has 2 aromatic heterocycles. The van der Waals surface area contributed by atoms with Crippen LogP contribution in [0, 0.1) is 0 Å². The van der Waals surface area contributed by atoms with Gasteiger partial charge in [0.15, 0.2) is 10.3 Å². The van der Waals surface area contributed by atoms with Gasteiger partial charge in [-0.2, -0.15) is 0 Å². The van der Waals surface area contributed by atoms with E-state index in [0.717, 1.165) is 33.5 Å². The minimum Gasteiger partial charge on any atom is -0.303 e. The highest BCUT2D eigenvalue weighted by atomic mass is 32.2. The normalized spacial score (nSPS) is 11.6. The van der Waals surface area contributed by atoms with Crippen LogP contribution in [-0.2, 0) is 17.9 Å². The van der Waals surface area contributed by atoms with Crippen LogP contribution < -0.4 is 0 Å². The average Bonchev–Trinajstić information content (AvgIpc) is 3.42. The van der Waals surface area contributed by atoms with E-state index < -0.39 is 0 Å². The molecule has 4 aromatic rings. The van der Waals surface area contributed by atoms with Crippen LogP contribution in [0.2, 0.25) is 0 Å². The summed E-state index contributed by atoms with van der Waals surface area (Å²) in [5.74, 6) is 3.59. The molecule has 0 amide bonds. The molecule has 2 aromatic carbocycles. The fraction of sp³-hybridized carbons (Fsp3) is 0.360. The van der Waals surface area contributed by atoms with Gasteiger partial charge in [0, 0.05) is 23.6 Å². The zero-order valence-corrected chi connectivity index (χ0v) is 21.2. The van der Waals surface area contributed by atoms with Gasteiger partial charge in [-0.15, -0.1) is 20.4 Å². The second-order valence-electron chi connectivity index (χ2n) is 8.45. The molecule has 0 aliphatic rings. The van der Waals surface area contributed by atoms with Gasteiger partial charge < -0.3 is 9.13 Å². The van der Waals surface area contributed by atoms with Crippen LogP contribution >= 0.6 is 23.5 Å². The Balaban J connectivity index is 1.53. The fourth-order valence-corrected chi connectivity index (χ4v) is 5.76. The van der Waals surface area contributed by atoms with Crippen molar-refractivity contribution in [2.45, 2.75) is 68.0 Å². The predicted molar refractivity (Wildman–Crippen MR) is 136 cm³/mol. The smallest absolute Gasteiger partial charge is 0.191 e. The Labute approximate surface area is 204 Å². The summed E-state index contributed by atoms with van der Waals surface area (Å²) in [5.41, 5.74) is 2.56. The van der Waals surface area contributed by atoms with Gasteiger partial charge in [0.1, 0.15) is 11.6 Å². The Morgan fingerprint density at radius 1 is 0.606 bits per heavy atom. The molecular weight excluding hydrogens is 448 g/mol. The summed E-state index contributed by atoms with van der Waals surface area (Å²) in [6.45, 7) is 8.70. The molecule has 0 aliphatic carbocycles. The van der Waals surface area contributed by atoms with Crippen molar-refractivity contribution in [2.24, 2.45) is 0 Å². The molecule has 0 aliphatic heterocycles. The zero-order valence-electron chi connectivity index (χ0n) is 19.5. The van der Waals surface area contributed by atoms with Crippen LogP contribution in [0.4, 0.5) is 0 Å². The van der Waals surface area contributed by atoms with Gasteiger partial charge in [0.2, 0.25) is 0 Å². The first-order valence-electron chi connectivity index (χ1n) is 11.2. The van der Waals surface area contributed by atoms with Gasteiger partial charge in [-0.1, -0.05) is 84.2 Å². The molecule has 2 heterocycles. The molecule has 6 nitrogen and oxygen atoms in total. The number of thioether (sulfide) groups is 2. The van der Waals surface area contributed by atoms with E-state index in [1.165, 1.54) is 11.1 Å². The van der Waals surface area contributed by atoms with Gasteiger partial charge in [-0.25, -0.2) is 0 Å². The number of benzene rings is 2. The lowest BCUT2D eigenvalue weighted by Crippen LogP contribution is -2.13. The minimum atomic E-state index is 0.260. The van der Waals surface area contributed by atoms with Gasteiger partial charge in [0.05, 0.1) is 6.42 Å². The van der Waals surface area contributed by atoms with E-state index in [-0.39, 0.29) is 12.1 Å². The van der Waals surface area contributed by atoms with E-state index in [1.807, 2.05) is 12.1 Å². The lowest BCUT2D eigenvalue weighted by Gasteiger charge is -2.16. The van der Waals surface area contributed by atoms with E-state index in [2.05, 4.69) is 106 Å². The van der Waals surface area contributed by atoms with Crippen LogP contribution in [0.5, 0.6) is 0 Å². The third kappa shape index (κ3) is 5.86.